The van der Waals surface area contributed by atoms with Gasteiger partial charge in [-0.2, -0.15) is 0 Å². The van der Waals surface area contributed by atoms with Crippen LogP contribution in [0.25, 0.3) is 0 Å². The number of amides is 1. The smallest absolute Gasteiger partial charge is 0.340 e. The zero-order chi connectivity index (χ0) is 34.8. The molecule has 1 spiro atoms. The second-order valence-electron chi connectivity index (χ2n) is 13.6. The quantitative estimate of drug-likeness (QED) is 0.178. The Bertz CT molecular complexity index is 1540. The lowest BCUT2D eigenvalue weighted by molar-refractivity contribution is -0.188. The van der Waals surface area contributed by atoms with Gasteiger partial charge in [-0.1, -0.05) is 6.07 Å². The first-order valence-corrected chi connectivity index (χ1v) is 16.1. The molecule has 2 bridgehead atoms. The van der Waals surface area contributed by atoms with Crippen molar-refractivity contribution >= 4 is 23.8 Å². The Morgan fingerprint density at radius 1 is 1.23 bits per heavy atom. The van der Waals surface area contributed by atoms with Gasteiger partial charge in [-0.15, -0.1) is 0 Å². The van der Waals surface area contributed by atoms with Crippen molar-refractivity contribution in [3.63, 3.8) is 0 Å². The Labute approximate surface area is 277 Å². The van der Waals surface area contributed by atoms with Gasteiger partial charge in [0.15, 0.2) is 36.1 Å². The van der Waals surface area contributed by atoms with Crippen LogP contribution in [0.15, 0.2) is 24.0 Å². The molecular weight excluding hydrogens is 632 g/mol. The van der Waals surface area contributed by atoms with E-state index in [0.717, 1.165) is 11.1 Å². The number of aliphatic hydroxyl groups excluding tert-OH is 1. The van der Waals surface area contributed by atoms with Crippen LogP contribution in [0.3, 0.4) is 0 Å². The summed E-state index contributed by atoms with van der Waals surface area (Å²) >= 11 is 0. The first kappa shape index (κ1) is 34.1. The number of nitrogens with one attached hydrogen (secondary N) is 1. The molecule has 3 heterocycles. The summed E-state index contributed by atoms with van der Waals surface area (Å²) in [5, 5.41) is 35.0. The summed E-state index contributed by atoms with van der Waals surface area (Å²) in [6.45, 7) is 5.07. The number of carbonyl (C=O) groups is 4. The Kier molecular flexibility index (Phi) is 8.73. The van der Waals surface area contributed by atoms with Crippen molar-refractivity contribution in [2.24, 2.45) is 0 Å². The number of esters is 2. The predicted molar refractivity (Wildman–Crippen MR) is 163 cm³/mol. The average molecular weight is 675 g/mol. The molecule has 2 fully saturated rings. The molecule has 15 nitrogen and oxygen atoms in total. The summed E-state index contributed by atoms with van der Waals surface area (Å²) in [5.41, 5.74) is -0.185. The molecule has 4 N–H and O–H groups in total. The van der Waals surface area contributed by atoms with Gasteiger partial charge in [-0.25, -0.2) is 9.59 Å². The number of aliphatic hydroxyl groups is 2. The molecule has 0 aromatic heterocycles. The van der Waals surface area contributed by atoms with Gasteiger partial charge >= 0.3 is 17.9 Å². The van der Waals surface area contributed by atoms with Crippen molar-refractivity contribution < 1.29 is 62.9 Å². The standard InChI is InChI=1S/C33H42N2O13/c1-16(44-29(40)18(7-9-24(37)38)34-23(36)15-21-30(41)48-31(2,3)47-21)28(39)45-20-10-11-33(42)22-14-17-6-8-19(43-5)26-25(17)32(33,27(20)46-26)12-13-35(22)4/h6,8,10,16,18,21-22,27,29,40,42H,7,9,11-15H2,1-5H3,(H,34,36)(H,37,38)/t16-,18-,21-,22+,27-,29?,32-,33+/m0/s1. The maximum absolute atomic E-state index is 13.4. The highest BCUT2D eigenvalue weighted by Crippen LogP contribution is 2.65. The van der Waals surface area contributed by atoms with Gasteiger partial charge in [-0.3, -0.25) is 9.59 Å². The van der Waals surface area contributed by atoms with Crippen molar-refractivity contribution in [1.82, 2.24) is 10.2 Å². The molecule has 1 aromatic carbocycles. The number of ether oxygens (including phenoxy) is 6. The number of carboxylic acids is 1. The number of likely N-dealkylation sites (tertiary alicyclic amines) is 1. The number of cyclic esters (lactones) is 1. The Balaban J connectivity index is 1.16. The van der Waals surface area contributed by atoms with E-state index in [9.17, 15) is 34.5 Å². The number of benzene rings is 1. The van der Waals surface area contributed by atoms with Gasteiger partial charge in [0, 0.05) is 38.3 Å². The van der Waals surface area contributed by atoms with E-state index in [1.807, 2.05) is 19.2 Å². The highest BCUT2D eigenvalue weighted by atomic mass is 16.8. The third kappa shape index (κ3) is 5.60. The molecule has 0 saturated carbocycles. The van der Waals surface area contributed by atoms with E-state index in [1.54, 1.807) is 6.08 Å². The molecular formula is C33H42N2O13. The van der Waals surface area contributed by atoms with E-state index < -0.39 is 84.1 Å². The summed E-state index contributed by atoms with van der Waals surface area (Å²) in [5.74, 6) is -3.49. The molecule has 6 rings (SSSR count). The fraction of sp³-hybridized carbons (Fsp3) is 0.636. The Hall–Kier alpha value is -3.76. The number of nitrogens with zero attached hydrogens (tertiary/aromatic N) is 1. The number of likely N-dealkylation sites (N-methyl/N-ethyl adjacent to an activating group) is 1. The number of methoxy groups -OCH3 is 1. The number of hydrogen-bond donors (Lipinski definition) is 4. The van der Waals surface area contributed by atoms with Crippen LogP contribution in [0.1, 0.15) is 64.0 Å². The van der Waals surface area contributed by atoms with Crippen LogP contribution >= 0.6 is 0 Å². The fourth-order valence-electron chi connectivity index (χ4n) is 7.99. The average Bonchev–Trinajstić information content (AvgIpc) is 3.50. The predicted octanol–water partition coefficient (Wildman–Crippen LogP) is 0.657. The number of carbonyl (C=O) groups excluding carboxylic acids is 3. The van der Waals surface area contributed by atoms with Crippen molar-refractivity contribution in [1.29, 1.82) is 0 Å². The van der Waals surface area contributed by atoms with Gasteiger partial charge in [0.25, 0.3) is 0 Å². The second kappa shape index (κ2) is 12.3. The van der Waals surface area contributed by atoms with Gasteiger partial charge in [0.05, 0.1) is 30.6 Å². The first-order chi connectivity index (χ1) is 22.6. The minimum atomic E-state index is -1.82. The molecule has 0 radical (unpaired) electrons. The topological polar surface area (TPSA) is 200 Å². The van der Waals surface area contributed by atoms with Crippen LogP contribution in [-0.2, 0) is 50.0 Å². The largest absolute Gasteiger partial charge is 0.493 e. The van der Waals surface area contributed by atoms with Crippen molar-refractivity contribution in [2.75, 3.05) is 20.7 Å². The maximum Gasteiger partial charge on any atom is 0.340 e. The lowest BCUT2D eigenvalue weighted by Gasteiger charge is -2.61. The highest BCUT2D eigenvalue weighted by Gasteiger charge is 2.72. The molecule has 3 aliphatic heterocycles. The SMILES string of the molecule is COc1ccc2c3c1O[C@H]1C(OC(=O)[C@H](C)OC(O)[C@H](CCC(=O)O)NC(=O)C[C@@H]4OC(C)(C)OC4=O)=CC[C@@]4(O)[C@@H](C2)N(C)CC[C@]314. The molecule has 1 amide bonds. The molecule has 1 unspecified atom stereocenters. The molecule has 15 heteroatoms. The number of hydrogen-bond acceptors (Lipinski definition) is 13. The molecule has 1 aromatic rings. The van der Waals surface area contributed by atoms with Crippen molar-refractivity contribution in [3.05, 3.63) is 35.1 Å². The van der Waals surface area contributed by atoms with Crippen molar-refractivity contribution in [3.8, 4) is 11.5 Å². The summed E-state index contributed by atoms with van der Waals surface area (Å²) in [4.78, 5) is 51.7. The van der Waals surface area contributed by atoms with E-state index in [0.29, 0.717) is 30.9 Å². The summed E-state index contributed by atoms with van der Waals surface area (Å²) in [6, 6.07) is 2.38. The van der Waals surface area contributed by atoms with Gasteiger partial charge in [-0.05, 0) is 57.5 Å². The minimum Gasteiger partial charge on any atom is -0.493 e. The number of aliphatic carboxylic acids is 1. The van der Waals surface area contributed by atoms with Crippen LogP contribution < -0.4 is 14.8 Å². The van der Waals surface area contributed by atoms with Gasteiger partial charge in [0.2, 0.25) is 11.7 Å². The van der Waals surface area contributed by atoms with E-state index in [-0.39, 0.29) is 24.6 Å². The number of rotatable bonds is 12. The zero-order valence-electron chi connectivity index (χ0n) is 27.5. The van der Waals surface area contributed by atoms with Crippen LogP contribution in [0.4, 0.5) is 0 Å². The summed E-state index contributed by atoms with van der Waals surface area (Å²) in [7, 11) is 3.53. The Morgan fingerprint density at radius 3 is 2.65 bits per heavy atom. The molecule has 5 aliphatic rings. The number of piperidine rings is 1. The zero-order valence-corrected chi connectivity index (χ0v) is 27.5. The first-order valence-electron chi connectivity index (χ1n) is 16.1. The lowest BCUT2D eigenvalue weighted by atomic mass is 9.50. The van der Waals surface area contributed by atoms with E-state index >= 15 is 0 Å². The Morgan fingerprint density at radius 2 is 1.98 bits per heavy atom. The van der Waals surface area contributed by atoms with Crippen LogP contribution in [0, 0.1) is 0 Å². The van der Waals surface area contributed by atoms with E-state index in [1.165, 1.54) is 27.9 Å². The van der Waals surface area contributed by atoms with Crippen LogP contribution in [0.2, 0.25) is 0 Å². The second-order valence-corrected chi connectivity index (χ2v) is 13.6. The monoisotopic (exact) mass is 674 g/mol. The van der Waals surface area contributed by atoms with Crippen LogP contribution in [0.5, 0.6) is 11.5 Å². The van der Waals surface area contributed by atoms with E-state index in [2.05, 4.69) is 10.2 Å². The lowest BCUT2D eigenvalue weighted by Crippen LogP contribution is -2.74. The molecule has 2 saturated heterocycles. The third-order valence-corrected chi connectivity index (χ3v) is 10.2. The molecule has 262 valence electrons. The summed E-state index contributed by atoms with van der Waals surface area (Å²) in [6.07, 6.45) is -3.30. The highest BCUT2D eigenvalue weighted by molar-refractivity contribution is 5.85. The minimum absolute atomic E-state index is 0.189. The maximum atomic E-state index is 13.4. The third-order valence-electron chi connectivity index (χ3n) is 10.2. The van der Waals surface area contributed by atoms with Crippen LogP contribution in [-0.4, -0.2) is 113 Å². The molecule has 2 aliphatic carbocycles. The van der Waals surface area contributed by atoms with E-state index in [4.69, 9.17) is 28.4 Å². The van der Waals surface area contributed by atoms with Gasteiger partial charge in [0.1, 0.15) is 5.76 Å². The molecule has 48 heavy (non-hydrogen) atoms. The number of carboxylic acid groups (broad SMARTS) is 1. The molecule has 8 atom stereocenters. The summed E-state index contributed by atoms with van der Waals surface area (Å²) < 4.78 is 34.0. The van der Waals surface area contributed by atoms with Gasteiger partial charge < -0.3 is 54.0 Å². The fourth-order valence-corrected chi connectivity index (χ4v) is 7.99. The normalized spacial score (nSPS) is 31.4. The van der Waals surface area contributed by atoms with Crippen molar-refractivity contribution in [2.45, 2.75) is 113 Å².